The van der Waals surface area contributed by atoms with Gasteiger partial charge in [0.15, 0.2) is 5.11 Å². The summed E-state index contributed by atoms with van der Waals surface area (Å²) < 4.78 is 2.17. The Morgan fingerprint density at radius 1 is 0.909 bits per heavy atom. The summed E-state index contributed by atoms with van der Waals surface area (Å²) in [6, 6.07) is 29.0. The monoisotopic (exact) mass is 453 g/mol. The zero-order valence-corrected chi connectivity index (χ0v) is 19.2. The fourth-order valence-electron chi connectivity index (χ4n) is 4.40. The highest BCUT2D eigenvalue weighted by Crippen LogP contribution is 2.39. The molecule has 1 fully saturated rings. The van der Waals surface area contributed by atoms with Gasteiger partial charge in [-0.15, -0.1) is 0 Å². The van der Waals surface area contributed by atoms with Gasteiger partial charge in [0.05, 0.1) is 17.8 Å². The molecule has 2 N–H and O–H groups in total. The second-order valence-corrected chi connectivity index (χ2v) is 8.54. The lowest BCUT2D eigenvalue weighted by Crippen LogP contribution is -2.31. The second kappa shape index (κ2) is 9.88. The molecule has 1 aliphatic rings. The van der Waals surface area contributed by atoms with E-state index in [1.165, 1.54) is 5.56 Å². The van der Waals surface area contributed by atoms with Crippen molar-refractivity contribution in [1.29, 1.82) is 0 Å². The lowest BCUT2D eigenvalue weighted by atomic mass is 9.99. The first-order chi connectivity index (χ1) is 16.3. The van der Waals surface area contributed by atoms with Crippen LogP contribution in [0.15, 0.2) is 104 Å². The predicted octanol–water partition coefficient (Wildman–Crippen LogP) is 5.35. The number of benzene rings is 2. The standard InChI is InChI=1S/C27H27N5S/c33-27-30-25(24-14-7-8-16-29-24)26(21-15-19-31(20-21)23-12-5-2-6-13-23)32(27)18-9-17-28-22-10-3-1-4-11-22/h1-8,10-16,19-20,25-26,28H,9,17-18H2,(H,30,33)/t25-,26+/m0/s1. The van der Waals surface area contributed by atoms with E-state index in [9.17, 15) is 0 Å². The van der Waals surface area contributed by atoms with E-state index in [0.717, 1.165) is 41.7 Å². The topological polar surface area (TPSA) is 45.1 Å². The van der Waals surface area contributed by atoms with Crippen LogP contribution in [0.25, 0.3) is 5.69 Å². The van der Waals surface area contributed by atoms with Crippen LogP contribution >= 0.6 is 12.2 Å². The largest absolute Gasteiger partial charge is 0.385 e. The van der Waals surface area contributed by atoms with E-state index in [1.54, 1.807) is 0 Å². The van der Waals surface area contributed by atoms with Gasteiger partial charge in [0, 0.05) is 43.1 Å². The van der Waals surface area contributed by atoms with Crippen LogP contribution in [-0.4, -0.2) is 32.7 Å². The lowest BCUT2D eigenvalue weighted by Gasteiger charge is -2.27. The number of pyridine rings is 1. The molecule has 2 aromatic carbocycles. The first-order valence-corrected chi connectivity index (χ1v) is 11.7. The van der Waals surface area contributed by atoms with Gasteiger partial charge in [0.1, 0.15) is 0 Å². The van der Waals surface area contributed by atoms with E-state index >= 15 is 0 Å². The summed E-state index contributed by atoms with van der Waals surface area (Å²) in [7, 11) is 0. The number of nitrogens with one attached hydrogen (secondary N) is 2. The predicted molar refractivity (Wildman–Crippen MR) is 137 cm³/mol. The number of aromatic nitrogens is 2. The van der Waals surface area contributed by atoms with Gasteiger partial charge in [-0.1, -0.05) is 42.5 Å². The van der Waals surface area contributed by atoms with E-state index in [4.69, 9.17) is 12.2 Å². The SMILES string of the molecule is S=C1N[C@@H](c2ccccn2)[C@@H](c2ccn(-c3ccccc3)c2)N1CCCNc1ccccc1. The highest BCUT2D eigenvalue weighted by molar-refractivity contribution is 7.80. The Balaban J connectivity index is 1.37. The second-order valence-electron chi connectivity index (χ2n) is 8.15. The van der Waals surface area contributed by atoms with E-state index in [-0.39, 0.29) is 12.1 Å². The Kier molecular flexibility index (Phi) is 6.35. The molecule has 0 amide bonds. The number of para-hydroxylation sites is 2. The molecule has 5 rings (SSSR count). The van der Waals surface area contributed by atoms with Gasteiger partial charge in [-0.25, -0.2) is 0 Å². The quantitative estimate of drug-likeness (QED) is 0.278. The van der Waals surface area contributed by atoms with Gasteiger partial charge in [0.25, 0.3) is 0 Å². The Morgan fingerprint density at radius 3 is 2.42 bits per heavy atom. The van der Waals surface area contributed by atoms with Crippen molar-refractivity contribution in [1.82, 2.24) is 19.8 Å². The maximum atomic E-state index is 5.80. The van der Waals surface area contributed by atoms with Gasteiger partial charge in [-0.2, -0.15) is 0 Å². The highest BCUT2D eigenvalue weighted by atomic mass is 32.1. The summed E-state index contributed by atoms with van der Waals surface area (Å²) in [6.07, 6.45) is 7.15. The normalized spacial score (nSPS) is 17.7. The average Bonchev–Trinajstić information content (AvgIpc) is 3.48. The Morgan fingerprint density at radius 2 is 1.67 bits per heavy atom. The molecule has 1 aliphatic heterocycles. The molecule has 1 saturated heterocycles. The first-order valence-electron chi connectivity index (χ1n) is 11.3. The summed E-state index contributed by atoms with van der Waals surface area (Å²) in [4.78, 5) is 6.95. The molecule has 33 heavy (non-hydrogen) atoms. The smallest absolute Gasteiger partial charge is 0.170 e. The number of anilines is 1. The molecule has 4 aromatic rings. The van der Waals surface area contributed by atoms with Crippen molar-refractivity contribution in [3.8, 4) is 5.69 Å². The molecule has 0 unspecified atom stereocenters. The molecular weight excluding hydrogens is 426 g/mol. The van der Waals surface area contributed by atoms with Crippen LogP contribution in [0.2, 0.25) is 0 Å². The number of hydrogen-bond donors (Lipinski definition) is 2. The molecular formula is C27H27N5S. The van der Waals surface area contributed by atoms with E-state index < -0.39 is 0 Å². The zero-order chi connectivity index (χ0) is 22.5. The minimum absolute atomic E-state index is 0.00686. The Labute approximate surface area is 200 Å². The molecule has 0 spiro atoms. The van der Waals surface area contributed by atoms with Crippen LogP contribution in [0, 0.1) is 0 Å². The Hall–Kier alpha value is -3.64. The van der Waals surface area contributed by atoms with Gasteiger partial charge >= 0.3 is 0 Å². The third kappa shape index (κ3) is 4.76. The highest BCUT2D eigenvalue weighted by Gasteiger charge is 2.39. The summed E-state index contributed by atoms with van der Waals surface area (Å²) in [5, 5.41) is 7.82. The van der Waals surface area contributed by atoms with Gasteiger partial charge in [-0.3, -0.25) is 4.98 Å². The minimum Gasteiger partial charge on any atom is -0.385 e. The fraction of sp³-hybridized carbons (Fsp3) is 0.185. The van der Waals surface area contributed by atoms with Crippen LogP contribution in [0.4, 0.5) is 5.69 Å². The molecule has 0 radical (unpaired) electrons. The van der Waals surface area contributed by atoms with Crippen molar-refractivity contribution in [3.05, 3.63) is 115 Å². The van der Waals surface area contributed by atoms with Crippen molar-refractivity contribution in [2.24, 2.45) is 0 Å². The fourth-order valence-corrected chi connectivity index (χ4v) is 4.73. The molecule has 0 bridgehead atoms. The third-order valence-electron chi connectivity index (χ3n) is 5.99. The average molecular weight is 454 g/mol. The van der Waals surface area contributed by atoms with Crippen molar-refractivity contribution in [2.75, 3.05) is 18.4 Å². The van der Waals surface area contributed by atoms with Gasteiger partial charge < -0.3 is 20.1 Å². The van der Waals surface area contributed by atoms with Crippen LogP contribution < -0.4 is 10.6 Å². The molecule has 166 valence electrons. The van der Waals surface area contributed by atoms with Crippen LogP contribution in [0.3, 0.4) is 0 Å². The summed E-state index contributed by atoms with van der Waals surface area (Å²) in [5.41, 5.74) is 4.51. The summed E-state index contributed by atoms with van der Waals surface area (Å²) in [5.74, 6) is 0. The molecule has 6 heteroatoms. The van der Waals surface area contributed by atoms with E-state index in [0.29, 0.717) is 0 Å². The molecule has 2 atom stereocenters. The van der Waals surface area contributed by atoms with E-state index in [1.807, 2.05) is 42.6 Å². The number of rotatable bonds is 8. The Bertz CT molecular complexity index is 1180. The van der Waals surface area contributed by atoms with Gasteiger partial charge in [0.2, 0.25) is 0 Å². The van der Waals surface area contributed by atoms with E-state index in [2.05, 4.69) is 86.0 Å². The van der Waals surface area contributed by atoms with Gasteiger partial charge in [-0.05, 0) is 66.7 Å². The lowest BCUT2D eigenvalue weighted by molar-refractivity contribution is 0.316. The molecule has 2 aromatic heterocycles. The molecule has 5 nitrogen and oxygen atoms in total. The number of nitrogens with zero attached hydrogens (tertiary/aromatic N) is 3. The zero-order valence-electron chi connectivity index (χ0n) is 18.3. The van der Waals surface area contributed by atoms with Crippen molar-refractivity contribution in [3.63, 3.8) is 0 Å². The minimum atomic E-state index is 0.00686. The van der Waals surface area contributed by atoms with Crippen molar-refractivity contribution in [2.45, 2.75) is 18.5 Å². The number of thiocarbonyl (C=S) groups is 1. The molecule has 0 saturated carbocycles. The maximum absolute atomic E-state index is 5.80. The first kappa shape index (κ1) is 21.2. The summed E-state index contributed by atoms with van der Waals surface area (Å²) >= 11 is 5.80. The number of hydrogen-bond acceptors (Lipinski definition) is 3. The van der Waals surface area contributed by atoms with Crippen LogP contribution in [0.1, 0.15) is 29.8 Å². The third-order valence-corrected chi connectivity index (χ3v) is 6.34. The summed E-state index contributed by atoms with van der Waals surface area (Å²) in [6.45, 7) is 1.74. The van der Waals surface area contributed by atoms with Crippen LogP contribution in [-0.2, 0) is 0 Å². The van der Waals surface area contributed by atoms with Crippen LogP contribution in [0.5, 0.6) is 0 Å². The maximum Gasteiger partial charge on any atom is 0.170 e. The molecule has 0 aliphatic carbocycles. The van der Waals surface area contributed by atoms with Crippen molar-refractivity contribution >= 4 is 23.0 Å². The molecule has 3 heterocycles. The van der Waals surface area contributed by atoms with Crippen molar-refractivity contribution < 1.29 is 0 Å².